The molecule has 0 aliphatic heterocycles. The smallest absolute Gasteiger partial charge is 0.160 e. The van der Waals surface area contributed by atoms with Crippen LogP contribution in [-0.2, 0) is 0 Å². The highest BCUT2D eigenvalue weighted by atomic mass is 79.9. The Hall–Kier alpha value is -2.52. The molecule has 0 radical (unpaired) electrons. The van der Waals surface area contributed by atoms with Crippen LogP contribution in [0.3, 0.4) is 0 Å². The van der Waals surface area contributed by atoms with E-state index in [9.17, 15) is 0 Å². The average molecular weight is 361 g/mol. The zero-order valence-electron chi connectivity index (χ0n) is 12.3. The molecule has 110 valence electrons. The van der Waals surface area contributed by atoms with Crippen molar-refractivity contribution in [3.05, 3.63) is 83.5 Å². The number of hydrogen-bond donors (Lipinski definition) is 0. The van der Waals surface area contributed by atoms with Crippen molar-refractivity contribution in [2.45, 2.75) is 0 Å². The van der Waals surface area contributed by atoms with Gasteiger partial charge in [0.25, 0.3) is 0 Å². The van der Waals surface area contributed by atoms with Crippen molar-refractivity contribution in [1.29, 1.82) is 0 Å². The zero-order valence-corrected chi connectivity index (χ0v) is 13.9. The average Bonchev–Trinajstić information content (AvgIpc) is 2.62. The maximum Gasteiger partial charge on any atom is 0.160 e. The zero-order chi connectivity index (χ0) is 15.6. The first-order valence-electron chi connectivity index (χ1n) is 7.38. The normalized spacial score (nSPS) is 10.8. The summed E-state index contributed by atoms with van der Waals surface area (Å²) < 4.78 is 1.06. The first-order chi connectivity index (χ1) is 11.3. The number of nitrogens with zero attached hydrogens (tertiary/aromatic N) is 2. The standard InChI is InChI=1S/C20H13BrN2/c21-16-10-8-15(9-11-16)19-13-18(14-5-2-1-3-6-14)17-7-4-12-22-20(17)23-19/h1-13H. The Kier molecular flexibility index (Phi) is 3.64. The summed E-state index contributed by atoms with van der Waals surface area (Å²) in [6.07, 6.45) is 1.79. The Labute approximate surface area is 143 Å². The lowest BCUT2D eigenvalue weighted by molar-refractivity contribution is 1.29. The molecule has 3 heteroatoms. The van der Waals surface area contributed by atoms with Crippen molar-refractivity contribution in [2.75, 3.05) is 0 Å². The number of benzene rings is 2. The number of pyridine rings is 2. The van der Waals surface area contributed by atoms with Crippen LogP contribution >= 0.6 is 15.9 Å². The van der Waals surface area contributed by atoms with Gasteiger partial charge in [-0.05, 0) is 41.5 Å². The van der Waals surface area contributed by atoms with Crippen molar-refractivity contribution in [3.63, 3.8) is 0 Å². The van der Waals surface area contributed by atoms with E-state index in [0.717, 1.165) is 32.3 Å². The highest BCUT2D eigenvalue weighted by Gasteiger charge is 2.09. The summed E-state index contributed by atoms with van der Waals surface area (Å²) in [5.74, 6) is 0. The lowest BCUT2D eigenvalue weighted by Crippen LogP contribution is -1.91. The molecule has 4 aromatic rings. The van der Waals surface area contributed by atoms with Gasteiger partial charge < -0.3 is 0 Å². The Morgan fingerprint density at radius 2 is 1.52 bits per heavy atom. The Morgan fingerprint density at radius 3 is 2.30 bits per heavy atom. The van der Waals surface area contributed by atoms with Gasteiger partial charge in [-0.15, -0.1) is 0 Å². The van der Waals surface area contributed by atoms with Crippen LogP contribution in [0.5, 0.6) is 0 Å². The molecule has 0 aliphatic carbocycles. The molecule has 2 nitrogen and oxygen atoms in total. The van der Waals surface area contributed by atoms with E-state index in [1.165, 1.54) is 5.56 Å². The van der Waals surface area contributed by atoms with Crippen LogP contribution in [0.1, 0.15) is 0 Å². The quantitative estimate of drug-likeness (QED) is 0.456. The van der Waals surface area contributed by atoms with E-state index in [1.807, 2.05) is 24.3 Å². The number of fused-ring (bicyclic) bond motifs is 1. The van der Waals surface area contributed by atoms with Gasteiger partial charge in [0.05, 0.1) is 5.69 Å². The molecule has 0 N–H and O–H groups in total. The number of aromatic nitrogens is 2. The summed E-state index contributed by atoms with van der Waals surface area (Å²) in [6.45, 7) is 0. The molecule has 2 aromatic heterocycles. The van der Waals surface area contributed by atoms with Gasteiger partial charge in [0.15, 0.2) is 5.65 Å². The molecule has 2 aromatic carbocycles. The van der Waals surface area contributed by atoms with Crippen LogP contribution in [0.15, 0.2) is 83.5 Å². The highest BCUT2D eigenvalue weighted by molar-refractivity contribution is 9.10. The van der Waals surface area contributed by atoms with Gasteiger partial charge in [-0.1, -0.05) is 58.4 Å². The molecular weight excluding hydrogens is 348 g/mol. The van der Waals surface area contributed by atoms with Gasteiger partial charge in [0, 0.05) is 21.6 Å². The molecule has 0 spiro atoms. The first-order valence-corrected chi connectivity index (χ1v) is 8.18. The Balaban J connectivity index is 1.99. The van der Waals surface area contributed by atoms with Crippen LogP contribution in [0.25, 0.3) is 33.4 Å². The molecule has 4 rings (SSSR count). The molecule has 0 atom stereocenters. The number of hydrogen-bond acceptors (Lipinski definition) is 2. The predicted octanol–water partition coefficient (Wildman–Crippen LogP) is 5.73. The molecule has 0 saturated heterocycles. The van der Waals surface area contributed by atoms with E-state index in [2.05, 4.69) is 69.4 Å². The van der Waals surface area contributed by atoms with Crippen LogP contribution < -0.4 is 0 Å². The number of halogens is 1. The molecule has 0 unspecified atom stereocenters. The van der Waals surface area contributed by atoms with E-state index in [-0.39, 0.29) is 0 Å². The fourth-order valence-electron chi connectivity index (χ4n) is 2.68. The van der Waals surface area contributed by atoms with Gasteiger partial charge in [0.1, 0.15) is 0 Å². The molecular formula is C20H13BrN2. The SMILES string of the molecule is Brc1ccc(-c2cc(-c3ccccc3)c3cccnc3n2)cc1. The van der Waals surface area contributed by atoms with Crippen molar-refractivity contribution < 1.29 is 0 Å². The van der Waals surface area contributed by atoms with E-state index in [4.69, 9.17) is 4.98 Å². The largest absolute Gasteiger partial charge is 0.237 e. The van der Waals surface area contributed by atoms with E-state index < -0.39 is 0 Å². The monoisotopic (exact) mass is 360 g/mol. The second-order valence-electron chi connectivity index (χ2n) is 5.30. The maximum atomic E-state index is 4.73. The van der Waals surface area contributed by atoms with Crippen LogP contribution in [0.2, 0.25) is 0 Å². The minimum atomic E-state index is 0.770. The van der Waals surface area contributed by atoms with Gasteiger partial charge >= 0.3 is 0 Å². The molecule has 0 saturated carbocycles. The molecule has 0 fully saturated rings. The van der Waals surface area contributed by atoms with E-state index in [1.54, 1.807) is 6.20 Å². The molecule has 0 bridgehead atoms. The first kappa shape index (κ1) is 14.1. The number of rotatable bonds is 2. The lowest BCUT2D eigenvalue weighted by Gasteiger charge is -2.09. The fourth-order valence-corrected chi connectivity index (χ4v) is 2.95. The second kappa shape index (κ2) is 5.94. The minimum absolute atomic E-state index is 0.770. The van der Waals surface area contributed by atoms with E-state index in [0.29, 0.717) is 0 Å². The summed E-state index contributed by atoms with van der Waals surface area (Å²) in [5.41, 5.74) is 5.11. The fraction of sp³-hybridized carbons (Fsp3) is 0. The molecule has 2 heterocycles. The molecule has 0 aliphatic rings. The summed E-state index contributed by atoms with van der Waals surface area (Å²) >= 11 is 3.48. The maximum absolute atomic E-state index is 4.73. The predicted molar refractivity (Wildman–Crippen MR) is 98.1 cm³/mol. The summed E-state index contributed by atoms with van der Waals surface area (Å²) in [5, 5.41) is 1.07. The minimum Gasteiger partial charge on any atom is -0.237 e. The third kappa shape index (κ3) is 2.76. The van der Waals surface area contributed by atoms with Crippen LogP contribution in [0.4, 0.5) is 0 Å². The van der Waals surface area contributed by atoms with Crippen molar-refractivity contribution in [3.8, 4) is 22.4 Å². The third-order valence-corrected chi connectivity index (χ3v) is 4.34. The molecule has 23 heavy (non-hydrogen) atoms. The Morgan fingerprint density at radius 1 is 0.739 bits per heavy atom. The van der Waals surface area contributed by atoms with E-state index >= 15 is 0 Å². The van der Waals surface area contributed by atoms with Gasteiger partial charge in [0.2, 0.25) is 0 Å². The van der Waals surface area contributed by atoms with Crippen molar-refractivity contribution in [2.24, 2.45) is 0 Å². The van der Waals surface area contributed by atoms with Gasteiger partial charge in [-0.2, -0.15) is 0 Å². The van der Waals surface area contributed by atoms with Crippen LogP contribution in [0, 0.1) is 0 Å². The topological polar surface area (TPSA) is 25.8 Å². The Bertz CT molecular complexity index is 964. The summed E-state index contributed by atoms with van der Waals surface area (Å²) in [7, 11) is 0. The second-order valence-corrected chi connectivity index (χ2v) is 6.22. The highest BCUT2D eigenvalue weighted by Crippen LogP contribution is 2.31. The lowest BCUT2D eigenvalue weighted by atomic mass is 10.00. The molecule has 0 amide bonds. The summed E-state index contributed by atoms with van der Waals surface area (Å²) in [4.78, 5) is 9.19. The van der Waals surface area contributed by atoms with Crippen molar-refractivity contribution in [1.82, 2.24) is 9.97 Å². The summed E-state index contributed by atoms with van der Waals surface area (Å²) in [6, 6.07) is 24.7. The van der Waals surface area contributed by atoms with Gasteiger partial charge in [-0.3, -0.25) is 0 Å². The van der Waals surface area contributed by atoms with Crippen LogP contribution in [-0.4, -0.2) is 9.97 Å². The third-order valence-electron chi connectivity index (χ3n) is 3.81. The van der Waals surface area contributed by atoms with Crippen molar-refractivity contribution >= 4 is 27.0 Å². The van der Waals surface area contributed by atoms with Gasteiger partial charge in [-0.25, -0.2) is 9.97 Å².